The van der Waals surface area contributed by atoms with Gasteiger partial charge in [-0.25, -0.2) is 4.89 Å². The highest BCUT2D eigenvalue weighted by molar-refractivity contribution is 4.36. The summed E-state index contributed by atoms with van der Waals surface area (Å²) < 4.78 is 0. The summed E-state index contributed by atoms with van der Waals surface area (Å²) in [5.41, 5.74) is 0. The van der Waals surface area contributed by atoms with Crippen LogP contribution in [0.25, 0.3) is 0 Å². The summed E-state index contributed by atoms with van der Waals surface area (Å²) in [5, 5.41) is 9.39. The molecule has 0 bridgehead atoms. The van der Waals surface area contributed by atoms with Crippen molar-refractivity contribution < 1.29 is 10.1 Å². The summed E-state index contributed by atoms with van der Waals surface area (Å²) in [6.07, 6.45) is 4.46. The van der Waals surface area contributed by atoms with Crippen LogP contribution in [0.5, 0.6) is 0 Å². The van der Waals surface area contributed by atoms with Crippen molar-refractivity contribution in [2.75, 3.05) is 6.61 Å². The van der Waals surface area contributed by atoms with E-state index in [2.05, 4.69) is 11.8 Å². The normalized spacial score (nSPS) is 9.75. The molecule has 0 aliphatic carbocycles. The van der Waals surface area contributed by atoms with Gasteiger partial charge in [0, 0.05) is 0 Å². The van der Waals surface area contributed by atoms with E-state index in [4.69, 9.17) is 0 Å². The Morgan fingerprint density at radius 2 is 2.00 bits per heavy atom. The van der Waals surface area contributed by atoms with E-state index in [9.17, 15) is 5.26 Å². The van der Waals surface area contributed by atoms with Gasteiger partial charge in [0.2, 0.25) is 0 Å². The van der Waals surface area contributed by atoms with Gasteiger partial charge in [-0.1, -0.05) is 26.2 Å². The van der Waals surface area contributed by atoms with E-state index in [-0.39, 0.29) is 0 Å². The zero-order valence-corrected chi connectivity index (χ0v) is 5.35. The maximum Gasteiger partial charge on any atom is 0.0854 e. The van der Waals surface area contributed by atoms with Crippen molar-refractivity contribution in [1.29, 1.82) is 0 Å². The lowest BCUT2D eigenvalue weighted by atomic mass is 10.2. The van der Waals surface area contributed by atoms with Crippen molar-refractivity contribution in [2.45, 2.75) is 32.6 Å². The molecule has 0 aliphatic rings. The Balaban J connectivity index is 2.53. The number of hydrogen-bond donors (Lipinski definition) is 0. The highest BCUT2D eigenvalue weighted by atomic mass is 17.1. The largest absolute Gasteiger partial charge is 0.204 e. The first-order chi connectivity index (χ1) is 3.91. The summed E-state index contributed by atoms with van der Waals surface area (Å²) in [6, 6.07) is 0. The van der Waals surface area contributed by atoms with Crippen LogP contribution < -0.4 is 0 Å². The predicted octanol–water partition coefficient (Wildman–Crippen LogP) is 1.93. The Kier molecular flexibility index (Phi) is 6.85. The summed E-state index contributed by atoms with van der Waals surface area (Å²) in [4.78, 5) is 3.64. The molecule has 0 fully saturated rings. The van der Waals surface area contributed by atoms with Gasteiger partial charge in [0.15, 0.2) is 0 Å². The van der Waals surface area contributed by atoms with Gasteiger partial charge in [-0.15, -0.1) is 0 Å². The SMILES string of the molecule is CCCCCCO[O]. The molecule has 8 heavy (non-hydrogen) atoms. The highest BCUT2D eigenvalue weighted by Gasteiger charge is 1.85. The van der Waals surface area contributed by atoms with Gasteiger partial charge in [0.25, 0.3) is 0 Å². The summed E-state index contributed by atoms with van der Waals surface area (Å²) >= 11 is 0. The monoisotopic (exact) mass is 117 g/mol. The molecule has 0 aromatic heterocycles. The van der Waals surface area contributed by atoms with Gasteiger partial charge < -0.3 is 0 Å². The van der Waals surface area contributed by atoms with E-state index in [0.717, 1.165) is 12.8 Å². The molecule has 0 heterocycles. The molecule has 0 aliphatic heterocycles. The molecule has 0 aromatic rings. The number of rotatable bonds is 5. The molecule has 0 N–H and O–H groups in total. The second kappa shape index (κ2) is 6.92. The van der Waals surface area contributed by atoms with Crippen LogP contribution in [-0.4, -0.2) is 6.61 Å². The van der Waals surface area contributed by atoms with Gasteiger partial charge in [0.05, 0.1) is 6.61 Å². The lowest BCUT2D eigenvalue weighted by Crippen LogP contribution is -1.86. The van der Waals surface area contributed by atoms with Gasteiger partial charge in [-0.3, -0.25) is 0 Å². The Labute approximate surface area is 50.4 Å². The first-order valence-corrected chi connectivity index (χ1v) is 3.16. The average molecular weight is 117 g/mol. The summed E-state index contributed by atoms with van der Waals surface area (Å²) in [5.74, 6) is 0. The van der Waals surface area contributed by atoms with Gasteiger partial charge in [-0.05, 0) is 11.7 Å². The molecule has 0 unspecified atom stereocenters. The van der Waals surface area contributed by atoms with Crippen LogP contribution in [0.4, 0.5) is 0 Å². The predicted molar refractivity (Wildman–Crippen MR) is 30.8 cm³/mol. The second-order valence-corrected chi connectivity index (χ2v) is 1.88. The lowest BCUT2D eigenvalue weighted by Gasteiger charge is -1.92. The Morgan fingerprint density at radius 1 is 1.25 bits per heavy atom. The fourth-order valence-electron chi connectivity index (χ4n) is 0.588. The van der Waals surface area contributed by atoms with E-state index in [1.807, 2.05) is 0 Å². The van der Waals surface area contributed by atoms with Gasteiger partial charge in [0.1, 0.15) is 0 Å². The van der Waals surface area contributed by atoms with E-state index in [1.54, 1.807) is 0 Å². The van der Waals surface area contributed by atoms with Crippen molar-refractivity contribution in [1.82, 2.24) is 0 Å². The molecule has 0 aromatic carbocycles. The molecule has 0 spiro atoms. The molecular formula is C6H13O2. The van der Waals surface area contributed by atoms with Crippen LogP contribution in [-0.2, 0) is 10.1 Å². The summed E-state index contributed by atoms with van der Waals surface area (Å²) in [7, 11) is 0. The molecule has 0 rings (SSSR count). The van der Waals surface area contributed by atoms with Crippen LogP contribution in [0.2, 0.25) is 0 Å². The minimum absolute atomic E-state index is 0.375. The minimum Gasteiger partial charge on any atom is -0.204 e. The van der Waals surface area contributed by atoms with Crippen LogP contribution in [0.3, 0.4) is 0 Å². The third kappa shape index (κ3) is 5.92. The Bertz CT molecular complexity index is 31.5. The maximum absolute atomic E-state index is 9.39. The molecule has 49 valence electrons. The minimum atomic E-state index is 0.375. The fourth-order valence-corrected chi connectivity index (χ4v) is 0.588. The van der Waals surface area contributed by atoms with Crippen LogP contribution in [0.15, 0.2) is 0 Å². The van der Waals surface area contributed by atoms with E-state index < -0.39 is 0 Å². The van der Waals surface area contributed by atoms with Gasteiger partial charge >= 0.3 is 0 Å². The zero-order valence-electron chi connectivity index (χ0n) is 5.35. The highest BCUT2D eigenvalue weighted by Crippen LogP contribution is 1.97. The van der Waals surface area contributed by atoms with Crippen LogP contribution in [0.1, 0.15) is 32.6 Å². The quantitative estimate of drug-likeness (QED) is 0.307. The molecule has 0 amide bonds. The third-order valence-electron chi connectivity index (χ3n) is 1.08. The Morgan fingerprint density at radius 3 is 2.50 bits per heavy atom. The van der Waals surface area contributed by atoms with E-state index >= 15 is 0 Å². The standard InChI is InChI=1S/C6H13O2/c1-2-3-4-5-6-8-7/h2-6H2,1H3. The smallest absolute Gasteiger partial charge is 0.0854 e. The average Bonchev–Trinajstić information content (AvgIpc) is 1.81. The Hall–Kier alpha value is -0.0800. The molecule has 0 atom stereocenters. The molecule has 0 saturated carbocycles. The van der Waals surface area contributed by atoms with Crippen molar-refractivity contribution in [3.8, 4) is 0 Å². The lowest BCUT2D eigenvalue weighted by molar-refractivity contribution is -0.303. The number of hydrogen-bond acceptors (Lipinski definition) is 1. The third-order valence-corrected chi connectivity index (χ3v) is 1.08. The van der Waals surface area contributed by atoms with Crippen molar-refractivity contribution >= 4 is 0 Å². The van der Waals surface area contributed by atoms with E-state index in [1.165, 1.54) is 12.8 Å². The molecular weight excluding hydrogens is 104 g/mol. The topological polar surface area (TPSA) is 29.1 Å². The van der Waals surface area contributed by atoms with Crippen molar-refractivity contribution in [3.63, 3.8) is 0 Å². The first-order valence-electron chi connectivity index (χ1n) is 3.16. The molecule has 0 saturated heterocycles. The molecule has 1 radical (unpaired) electrons. The molecule has 2 nitrogen and oxygen atoms in total. The van der Waals surface area contributed by atoms with Crippen molar-refractivity contribution in [3.05, 3.63) is 0 Å². The molecule has 2 heteroatoms. The van der Waals surface area contributed by atoms with Crippen molar-refractivity contribution in [2.24, 2.45) is 0 Å². The van der Waals surface area contributed by atoms with Crippen LogP contribution >= 0.6 is 0 Å². The van der Waals surface area contributed by atoms with E-state index in [0.29, 0.717) is 6.61 Å². The second-order valence-electron chi connectivity index (χ2n) is 1.88. The summed E-state index contributed by atoms with van der Waals surface area (Å²) in [6.45, 7) is 2.51. The first kappa shape index (κ1) is 7.92. The maximum atomic E-state index is 9.39. The number of unbranched alkanes of at least 4 members (excludes halogenated alkanes) is 3. The van der Waals surface area contributed by atoms with Crippen LogP contribution in [0, 0.1) is 0 Å². The van der Waals surface area contributed by atoms with Gasteiger partial charge in [-0.2, -0.15) is 0 Å². The fraction of sp³-hybridized carbons (Fsp3) is 1.00. The zero-order chi connectivity index (χ0) is 6.24.